The van der Waals surface area contributed by atoms with Crippen molar-refractivity contribution in [3.8, 4) is 11.5 Å². The maximum absolute atomic E-state index is 11.9. The molecule has 1 aromatic rings. The summed E-state index contributed by atoms with van der Waals surface area (Å²) < 4.78 is 44.7. The van der Waals surface area contributed by atoms with E-state index in [4.69, 9.17) is 4.74 Å². The van der Waals surface area contributed by atoms with Gasteiger partial charge in [0.2, 0.25) is 0 Å². The second-order valence-corrected chi connectivity index (χ2v) is 3.21. The van der Waals surface area contributed by atoms with Crippen LogP contribution in [0.25, 0.3) is 0 Å². The van der Waals surface area contributed by atoms with E-state index >= 15 is 0 Å². The van der Waals surface area contributed by atoms with E-state index in [0.717, 1.165) is 18.6 Å². The minimum absolute atomic E-state index is 0.0280. The molecule has 0 aliphatic heterocycles. The summed E-state index contributed by atoms with van der Waals surface area (Å²) in [7, 11) is 0. The van der Waals surface area contributed by atoms with Crippen LogP contribution >= 0.6 is 0 Å². The van der Waals surface area contributed by atoms with Crippen LogP contribution in [0.2, 0.25) is 0 Å². The van der Waals surface area contributed by atoms with E-state index in [2.05, 4.69) is 4.74 Å². The van der Waals surface area contributed by atoms with Gasteiger partial charge in [-0.1, -0.05) is 6.92 Å². The van der Waals surface area contributed by atoms with Crippen LogP contribution < -0.4 is 9.47 Å². The number of alkyl halides is 3. The molecule has 1 aromatic carbocycles. The van der Waals surface area contributed by atoms with Crippen molar-refractivity contribution < 1.29 is 27.4 Å². The minimum Gasteiger partial charge on any atom is -0.493 e. The van der Waals surface area contributed by atoms with E-state index in [1.54, 1.807) is 0 Å². The molecule has 0 spiro atoms. The number of benzene rings is 1. The van der Waals surface area contributed by atoms with E-state index < -0.39 is 12.1 Å². The summed E-state index contributed by atoms with van der Waals surface area (Å²) in [6, 6.07) is 3.37. The van der Waals surface area contributed by atoms with E-state index in [1.807, 2.05) is 6.92 Å². The predicted molar refractivity (Wildman–Crippen MR) is 54.3 cm³/mol. The summed E-state index contributed by atoms with van der Waals surface area (Å²) in [4.78, 5) is 10.7. The van der Waals surface area contributed by atoms with Gasteiger partial charge in [0.25, 0.3) is 0 Å². The molecular weight excluding hydrogens is 237 g/mol. The summed E-state index contributed by atoms with van der Waals surface area (Å²) in [6.07, 6.45) is -3.61. The van der Waals surface area contributed by atoms with E-state index in [9.17, 15) is 18.0 Å². The van der Waals surface area contributed by atoms with Gasteiger partial charge in [0.05, 0.1) is 12.2 Å². The highest BCUT2D eigenvalue weighted by Gasteiger charge is 2.31. The third-order valence-corrected chi connectivity index (χ3v) is 1.80. The van der Waals surface area contributed by atoms with Gasteiger partial charge in [-0.05, 0) is 24.6 Å². The van der Waals surface area contributed by atoms with Crippen LogP contribution in [0, 0.1) is 0 Å². The maximum Gasteiger partial charge on any atom is 0.573 e. The molecule has 1 rings (SSSR count). The van der Waals surface area contributed by atoms with Gasteiger partial charge in [0.1, 0.15) is 11.5 Å². The molecule has 0 atom stereocenters. The van der Waals surface area contributed by atoms with Gasteiger partial charge in [-0.3, -0.25) is 4.79 Å². The molecule has 0 radical (unpaired) electrons. The predicted octanol–water partition coefficient (Wildman–Crippen LogP) is 3.19. The molecule has 3 nitrogen and oxygen atoms in total. The molecular formula is C11H11F3O3. The lowest BCUT2D eigenvalue weighted by Crippen LogP contribution is -2.17. The van der Waals surface area contributed by atoms with E-state index in [1.165, 1.54) is 6.07 Å². The molecule has 0 saturated heterocycles. The molecule has 0 aliphatic carbocycles. The Morgan fingerprint density at radius 1 is 1.35 bits per heavy atom. The molecule has 17 heavy (non-hydrogen) atoms. The molecule has 0 bridgehead atoms. The second kappa shape index (κ2) is 5.56. The molecule has 0 amide bonds. The number of hydrogen-bond donors (Lipinski definition) is 0. The number of carbonyl (C=O) groups is 1. The van der Waals surface area contributed by atoms with Crippen molar-refractivity contribution in [2.45, 2.75) is 19.7 Å². The van der Waals surface area contributed by atoms with Crippen LogP contribution in [0.4, 0.5) is 13.2 Å². The quantitative estimate of drug-likeness (QED) is 0.751. The van der Waals surface area contributed by atoms with Crippen molar-refractivity contribution in [1.29, 1.82) is 0 Å². The van der Waals surface area contributed by atoms with Gasteiger partial charge < -0.3 is 9.47 Å². The Bertz CT molecular complexity index is 388. The Hall–Kier alpha value is -1.72. The molecule has 0 aromatic heterocycles. The standard InChI is InChI=1S/C11H11F3O3/c1-2-5-16-10-4-3-9(6-8(10)7-15)17-11(12,13)14/h3-4,6-7H,2,5H2,1H3. The first-order valence-electron chi connectivity index (χ1n) is 4.94. The Balaban J connectivity index is 2.88. The molecule has 94 valence electrons. The fraction of sp³-hybridized carbons (Fsp3) is 0.364. The summed E-state index contributed by atoms with van der Waals surface area (Å²) in [5, 5.41) is 0. The van der Waals surface area contributed by atoms with Gasteiger partial charge >= 0.3 is 6.36 Å². The van der Waals surface area contributed by atoms with Gasteiger partial charge in [-0.15, -0.1) is 13.2 Å². The van der Waals surface area contributed by atoms with Gasteiger partial charge in [0, 0.05) is 0 Å². The average molecular weight is 248 g/mol. The Kier molecular flexibility index (Phi) is 4.37. The summed E-state index contributed by atoms with van der Waals surface area (Å²) in [5.74, 6) is -0.195. The fourth-order valence-electron chi connectivity index (χ4n) is 1.16. The second-order valence-electron chi connectivity index (χ2n) is 3.21. The SMILES string of the molecule is CCCOc1ccc(OC(F)(F)F)cc1C=O. The number of hydrogen-bond acceptors (Lipinski definition) is 3. The molecule has 6 heteroatoms. The van der Waals surface area contributed by atoms with Crippen molar-refractivity contribution in [3.63, 3.8) is 0 Å². The lowest BCUT2D eigenvalue weighted by molar-refractivity contribution is -0.274. The fourth-order valence-corrected chi connectivity index (χ4v) is 1.16. The van der Waals surface area contributed by atoms with Crippen molar-refractivity contribution in [2.75, 3.05) is 6.61 Å². The molecule has 0 fully saturated rings. The van der Waals surface area contributed by atoms with Crippen molar-refractivity contribution in [3.05, 3.63) is 23.8 Å². The molecule has 0 heterocycles. The lowest BCUT2D eigenvalue weighted by Gasteiger charge is -2.11. The first-order valence-corrected chi connectivity index (χ1v) is 4.94. The van der Waals surface area contributed by atoms with Crippen molar-refractivity contribution >= 4 is 6.29 Å². The first-order chi connectivity index (χ1) is 7.96. The first kappa shape index (κ1) is 13.3. The normalized spacial score (nSPS) is 11.1. The number of rotatable bonds is 5. The number of ether oxygens (including phenoxy) is 2. The molecule has 0 N–H and O–H groups in total. The minimum atomic E-state index is -4.77. The van der Waals surface area contributed by atoms with Crippen LogP contribution in [0.5, 0.6) is 11.5 Å². The van der Waals surface area contributed by atoms with Gasteiger partial charge in [0.15, 0.2) is 6.29 Å². The Labute approximate surface area is 96.1 Å². The Morgan fingerprint density at radius 2 is 2.06 bits per heavy atom. The summed E-state index contributed by atoms with van der Waals surface area (Å²) in [6.45, 7) is 2.27. The zero-order valence-corrected chi connectivity index (χ0v) is 9.08. The van der Waals surface area contributed by atoms with Crippen LogP contribution in [0.1, 0.15) is 23.7 Å². The third-order valence-electron chi connectivity index (χ3n) is 1.80. The lowest BCUT2D eigenvalue weighted by atomic mass is 10.2. The van der Waals surface area contributed by atoms with E-state index in [-0.39, 0.29) is 11.3 Å². The molecule has 0 unspecified atom stereocenters. The topological polar surface area (TPSA) is 35.5 Å². The molecule has 0 saturated carbocycles. The molecule has 0 aliphatic rings. The third kappa shape index (κ3) is 4.34. The van der Waals surface area contributed by atoms with Crippen LogP contribution in [-0.4, -0.2) is 19.3 Å². The largest absolute Gasteiger partial charge is 0.573 e. The highest BCUT2D eigenvalue weighted by molar-refractivity contribution is 5.80. The van der Waals surface area contributed by atoms with Crippen molar-refractivity contribution in [1.82, 2.24) is 0 Å². The Morgan fingerprint density at radius 3 is 2.59 bits per heavy atom. The van der Waals surface area contributed by atoms with Crippen LogP contribution in [0.15, 0.2) is 18.2 Å². The highest BCUT2D eigenvalue weighted by Crippen LogP contribution is 2.27. The van der Waals surface area contributed by atoms with Crippen molar-refractivity contribution in [2.24, 2.45) is 0 Å². The maximum atomic E-state index is 11.9. The summed E-state index contributed by atoms with van der Waals surface area (Å²) in [5.41, 5.74) is 0.0280. The van der Waals surface area contributed by atoms with E-state index in [0.29, 0.717) is 12.9 Å². The van der Waals surface area contributed by atoms with Gasteiger partial charge in [-0.2, -0.15) is 0 Å². The zero-order chi connectivity index (χ0) is 12.9. The highest BCUT2D eigenvalue weighted by atomic mass is 19.4. The van der Waals surface area contributed by atoms with Gasteiger partial charge in [-0.25, -0.2) is 0 Å². The number of aldehydes is 1. The monoisotopic (exact) mass is 248 g/mol. The zero-order valence-electron chi connectivity index (χ0n) is 9.08. The van der Waals surface area contributed by atoms with Crippen LogP contribution in [0.3, 0.4) is 0 Å². The summed E-state index contributed by atoms with van der Waals surface area (Å²) >= 11 is 0. The smallest absolute Gasteiger partial charge is 0.493 e. The van der Waals surface area contributed by atoms with Crippen LogP contribution in [-0.2, 0) is 0 Å². The number of halogens is 3. The number of carbonyl (C=O) groups excluding carboxylic acids is 1. The average Bonchev–Trinajstić information content (AvgIpc) is 2.25.